The van der Waals surface area contributed by atoms with Crippen LogP contribution in [0.25, 0.3) is 0 Å². The molecule has 1 heterocycles. The van der Waals surface area contributed by atoms with Gasteiger partial charge < -0.3 is 15.0 Å². The Morgan fingerprint density at radius 2 is 2.00 bits per heavy atom. The van der Waals surface area contributed by atoms with E-state index in [0.717, 1.165) is 37.3 Å². The van der Waals surface area contributed by atoms with Crippen molar-refractivity contribution in [3.8, 4) is 5.75 Å². The van der Waals surface area contributed by atoms with Crippen LogP contribution in [-0.2, 0) is 6.42 Å². The first-order chi connectivity index (χ1) is 13.1. The molecule has 1 N–H and O–H groups in total. The second-order valence-corrected chi connectivity index (χ2v) is 6.66. The minimum Gasteiger partial charge on any atom is -0.497 e. The van der Waals surface area contributed by atoms with E-state index in [-0.39, 0.29) is 5.82 Å². The third-order valence-electron chi connectivity index (χ3n) is 4.97. The Balaban J connectivity index is 1.54. The van der Waals surface area contributed by atoms with Crippen molar-refractivity contribution in [3.05, 3.63) is 65.2 Å². The van der Waals surface area contributed by atoms with Gasteiger partial charge in [0.25, 0.3) is 0 Å². The summed E-state index contributed by atoms with van der Waals surface area (Å²) in [5, 5.41) is 3.26. The first kappa shape index (κ1) is 19.1. The number of aliphatic imine (C=N–C) groups is 1. The number of rotatable bonds is 5. The van der Waals surface area contributed by atoms with Crippen LogP contribution in [0, 0.1) is 11.6 Å². The largest absolute Gasteiger partial charge is 0.497 e. The number of guanidine groups is 1. The third kappa shape index (κ3) is 4.76. The zero-order valence-electron chi connectivity index (χ0n) is 15.7. The van der Waals surface area contributed by atoms with Gasteiger partial charge >= 0.3 is 0 Å². The number of ether oxygens (including phenoxy) is 1. The number of nitrogens with one attached hydrogen (secondary N) is 1. The third-order valence-corrected chi connectivity index (χ3v) is 4.97. The molecule has 0 radical (unpaired) electrons. The van der Waals surface area contributed by atoms with Crippen LogP contribution in [0.1, 0.15) is 23.5 Å². The molecule has 27 heavy (non-hydrogen) atoms. The first-order valence-electron chi connectivity index (χ1n) is 9.14. The monoisotopic (exact) mass is 373 g/mol. The lowest BCUT2D eigenvalue weighted by Gasteiger charge is -2.22. The fraction of sp³-hybridized carbons (Fsp3) is 0.381. The van der Waals surface area contributed by atoms with Crippen LogP contribution in [-0.4, -0.2) is 44.7 Å². The number of hydrogen-bond acceptors (Lipinski definition) is 2. The van der Waals surface area contributed by atoms with Gasteiger partial charge in [-0.1, -0.05) is 12.1 Å². The first-order valence-corrected chi connectivity index (χ1v) is 9.14. The van der Waals surface area contributed by atoms with E-state index in [4.69, 9.17) is 4.74 Å². The maximum atomic E-state index is 13.7. The summed E-state index contributed by atoms with van der Waals surface area (Å²) >= 11 is 0. The van der Waals surface area contributed by atoms with E-state index in [1.807, 2.05) is 12.1 Å². The van der Waals surface area contributed by atoms with Gasteiger partial charge in [-0.15, -0.1) is 0 Å². The zero-order chi connectivity index (χ0) is 19.2. The Morgan fingerprint density at radius 3 is 2.70 bits per heavy atom. The normalized spacial score (nSPS) is 17.3. The summed E-state index contributed by atoms with van der Waals surface area (Å²) in [6, 6.07) is 11.7. The Labute approximate surface area is 158 Å². The Hall–Kier alpha value is -2.63. The standard InChI is InChI=1S/C21H25F2N3O/c1-24-21(25-11-9-16-13-18(22)5-8-20(16)23)26-12-10-17(14-26)15-3-6-19(27-2)7-4-15/h3-8,13,17H,9-12,14H2,1-2H3,(H,24,25). The second kappa shape index (κ2) is 8.84. The van der Waals surface area contributed by atoms with Crippen LogP contribution in [0.15, 0.2) is 47.5 Å². The van der Waals surface area contributed by atoms with Crippen molar-refractivity contribution in [1.29, 1.82) is 0 Å². The maximum Gasteiger partial charge on any atom is 0.193 e. The van der Waals surface area contributed by atoms with Crippen LogP contribution in [0.4, 0.5) is 8.78 Å². The summed E-state index contributed by atoms with van der Waals surface area (Å²) in [5.74, 6) is 1.29. The fourth-order valence-electron chi connectivity index (χ4n) is 3.48. The van der Waals surface area contributed by atoms with Gasteiger partial charge in [0, 0.05) is 32.6 Å². The summed E-state index contributed by atoms with van der Waals surface area (Å²) in [5.41, 5.74) is 1.66. The molecule has 0 aromatic heterocycles. The van der Waals surface area contributed by atoms with Crippen molar-refractivity contribution in [2.45, 2.75) is 18.8 Å². The molecule has 2 aromatic carbocycles. The van der Waals surface area contributed by atoms with Gasteiger partial charge in [-0.3, -0.25) is 4.99 Å². The Morgan fingerprint density at radius 1 is 1.22 bits per heavy atom. The predicted molar refractivity (Wildman–Crippen MR) is 103 cm³/mol. The molecule has 0 spiro atoms. The summed E-state index contributed by atoms with van der Waals surface area (Å²) in [7, 11) is 3.41. The number of nitrogens with zero attached hydrogens (tertiary/aromatic N) is 2. The van der Waals surface area contributed by atoms with E-state index in [2.05, 4.69) is 27.3 Å². The summed E-state index contributed by atoms with van der Waals surface area (Å²) < 4.78 is 32.2. The zero-order valence-corrected chi connectivity index (χ0v) is 15.7. The van der Waals surface area contributed by atoms with Gasteiger partial charge in [0.15, 0.2) is 5.96 Å². The second-order valence-electron chi connectivity index (χ2n) is 6.66. The molecule has 6 heteroatoms. The highest BCUT2D eigenvalue weighted by molar-refractivity contribution is 5.80. The molecular formula is C21H25F2N3O. The lowest BCUT2D eigenvalue weighted by atomic mass is 9.98. The number of hydrogen-bond donors (Lipinski definition) is 1. The van der Waals surface area contributed by atoms with Crippen molar-refractivity contribution in [1.82, 2.24) is 10.2 Å². The van der Waals surface area contributed by atoms with Crippen molar-refractivity contribution in [2.24, 2.45) is 4.99 Å². The Bertz CT molecular complexity index is 793. The molecule has 1 unspecified atom stereocenters. The van der Waals surface area contributed by atoms with Crippen molar-refractivity contribution < 1.29 is 13.5 Å². The smallest absolute Gasteiger partial charge is 0.193 e. The predicted octanol–water partition coefficient (Wildman–Crippen LogP) is 3.58. The highest BCUT2D eigenvalue weighted by Gasteiger charge is 2.26. The topological polar surface area (TPSA) is 36.9 Å². The average Bonchev–Trinajstić information content (AvgIpc) is 3.18. The SMILES string of the molecule is CN=C(NCCc1cc(F)ccc1F)N1CCC(c2ccc(OC)cc2)C1. The molecule has 144 valence electrons. The van der Waals surface area contributed by atoms with E-state index >= 15 is 0 Å². The molecule has 0 amide bonds. The van der Waals surface area contributed by atoms with Gasteiger partial charge in [-0.05, 0) is 54.3 Å². The van der Waals surface area contributed by atoms with Crippen molar-refractivity contribution in [3.63, 3.8) is 0 Å². The van der Waals surface area contributed by atoms with Gasteiger partial charge in [-0.2, -0.15) is 0 Å². The van der Waals surface area contributed by atoms with E-state index in [9.17, 15) is 8.78 Å². The van der Waals surface area contributed by atoms with E-state index in [1.54, 1.807) is 14.2 Å². The van der Waals surface area contributed by atoms with E-state index in [0.29, 0.717) is 24.4 Å². The minimum absolute atomic E-state index is 0.371. The van der Waals surface area contributed by atoms with E-state index in [1.165, 1.54) is 17.7 Å². The molecule has 1 aliphatic rings. The molecule has 3 rings (SSSR count). The molecule has 2 aromatic rings. The molecular weight excluding hydrogens is 348 g/mol. The molecule has 0 saturated carbocycles. The molecule has 4 nitrogen and oxygen atoms in total. The molecule has 0 aliphatic carbocycles. The van der Waals surface area contributed by atoms with Crippen molar-refractivity contribution >= 4 is 5.96 Å². The Kier molecular flexibility index (Phi) is 6.27. The van der Waals surface area contributed by atoms with Gasteiger partial charge in [0.2, 0.25) is 0 Å². The van der Waals surface area contributed by atoms with E-state index < -0.39 is 5.82 Å². The number of likely N-dealkylation sites (tertiary alicyclic amines) is 1. The van der Waals surface area contributed by atoms with Crippen LogP contribution < -0.4 is 10.1 Å². The molecule has 1 saturated heterocycles. The number of halogens is 2. The average molecular weight is 373 g/mol. The highest BCUT2D eigenvalue weighted by Crippen LogP contribution is 2.28. The maximum absolute atomic E-state index is 13.7. The van der Waals surface area contributed by atoms with Gasteiger partial charge in [-0.25, -0.2) is 8.78 Å². The minimum atomic E-state index is -0.419. The van der Waals surface area contributed by atoms with Crippen LogP contribution >= 0.6 is 0 Å². The van der Waals surface area contributed by atoms with Crippen LogP contribution in [0.5, 0.6) is 5.75 Å². The molecule has 1 fully saturated rings. The lowest BCUT2D eigenvalue weighted by Crippen LogP contribution is -2.40. The van der Waals surface area contributed by atoms with Gasteiger partial charge in [0.05, 0.1) is 7.11 Å². The molecule has 0 bridgehead atoms. The lowest BCUT2D eigenvalue weighted by molar-refractivity contribution is 0.414. The summed E-state index contributed by atoms with van der Waals surface area (Å²) in [6.07, 6.45) is 1.45. The fourth-order valence-corrected chi connectivity index (χ4v) is 3.48. The van der Waals surface area contributed by atoms with Crippen molar-refractivity contribution in [2.75, 3.05) is 33.8 Å². The quantitative estimate of drug-likeness (QED) is 0.643. The van der Waals surface area contributed by atoms with Crippen LogP contribution in [0.3, 0.4) is 0 Å². The molecule has 1 atom stereocenters. The summed E-state index contributed by atoms with van der Waals surface area (Å²) in [6.45, 7) is 2.28. The number of benzene rings is 2. The summed E-state index contributed by atoms with van der Waals surface area (Å²) in [4.78, 5) is 6.55. The van der Waals surface area contributed by atoms with Crippen LogP contribution in [0.2, 0.25) is 0 Å². The number of methoxy groups -OCH3 is 1. The highest BCUT2D eigenvalue weighted by atomic mass is 19.1. The van der Waals surface area contributed by atoms with Gasteiger partial charge in [0.1, 0.15) is 17.4 Å². The molecule has 1 aliphatic heterocycles.